The zero-order chi connectivity index (χ0) is 15.9. The third kappa shape index (κ3) is 2.53. The summed E-state index contributed by atoms with van der Waals surface area (Å²) in [5, 5.41) is 4.31. The second kappa shape index (κ2) is 5.26. The molecule has 0 fully saturated rings. The topological polar surface area (TPSA) is 52.7 Å². The van der Waals surface area contributed by atoms with Crippen molar-refractivity contribution in [2.24, 2.45) is 0 Å². The molecule has 1 atom stereocenters. The highest BCUT2D eigenvalue weighted by molar-refractivity contribution is 5.19. The van der Waals surface area contributed by atoms with Gasteiger partial charge in [-0.25, -0.2) is 9.48 Å². The molecule has 0 amide bonds. The molecule has 5 nitrogen and oxygen atoms in total. The highest BCUT2D eigenvalue weighted by Gasteiger charge is 2.32. The van der Waals surface area contributed by atoms with Crippen molar-refractivity contribution in [3.05, 3.63) is 45.9 Å². The van der Waals surface area contributed by atoms with Gasteiger partial charge in [0, 0.05) is 19.2 Å². The third-order valence-electron chi connectivity index (χ3n) is 3.92. The van der Waals surface area contributed by atoms with Crippen molar-refractivity contribution in [3.63, 3.8) is 0 Å². The van der Waals surface area contributed by atoms with Crippen LogP contribution in [0, 0.1) is 0 Å². The molecule has 0 bridgehead atoms. The number of fused-ring (bicyclic) bond motifs is 1. The molecule has 0 unspecified atom stereocenters. The molecule has 1 aliphatic rings. The first-order valence-corrected chi connectivity index (χ1v) is 7.09. The lowest BCUT2D eigenvalue weighted by Crippen LogP contribution is -2.29. The normalized spacial score (nSPS) is 16.4. The minimum Gasteiger partial charge on any atom is -0.279 e. The molecule has 0 saturated carbocycles. The summed E-state index contributed by atoms with van der Waals surface area (Å²) in [6, 6.07) is 1.80. The fraction of sp³-hybridized carbons (Fsp3) is 0.500. The number of nitrogens with zero attached hydrogens (tertiary/aromatic N) is 4. The maximum atomic E-state index is 12.5. The minimum atomic E-state index is -4.47. The van der Waals surface area contributed by atoms with E-state index in [9.17, 15) is 18.0 Å². The van der Waals surface area contributed by atoms with E-state index in [1.54, 1.807) is 11.5 Å². The third-order valence-corrected chi connectivity index (χ3v) is 3.92. The highest BCUT2D eigenvalue weighted by Crippen LogP contribution is 2.28. The van der Waals surface area contributed by atoms with Crippen LogP contribution in [0.4, 0.5) is 13.2 Å². The van der Waals surface area contributed by atoms with E-state index in [1.165, 1.54) is 10.7 Å². The lowest BCUT2D eigenvalue weighted by atomic mass is 10.1. The summed E-state index contributed by atoms with van der Waals surface area (Å²) in [6.45, 7) is 2.37. The summed E-state index contributed by atoms with van der Waals surface area (Å²) in [5.41, 5.74) is -0.646. The largest absolute Gasteiger partial charge is 0.433 e. The SMILES string of the molecule is C[C@H](c1ccc(C(F)(F)F)nc1)n1nc2n(c1=O)CCCC2. The Morgan fingerprint density at radius 3 is 2.64 bits per heavy atom. The average Bonchev–Trinajstić information content (AvgIpc) is 2.83. The van der Waals surface area contributed by atoms with Crippen molar-refractivity contribution >= 4 is 0 Å². The summed E-state index contributed by atoms with van der Waals surface area (Å²) >= 11 is 0. The lowest BCUT2D eigenvalue weighted by molar-refractivity contribution is -0.141. The molecule has 0 radical (unpaired) electrons. The van der Waals surface area contributed by atoms with Crippen molar-refractivity contribution < 1.29 is 13.2 Å². The van der Waals surface area contributed by atoms with Gasteiger partial charge in [-0.3, -0.25) is 9.55 Å². The van der Waals surface area contributed by atoms with Crippen LogP contribution in [0.3, 0.4) is 0 Å². The summed E-state index contributed by atoms with van der Waals surface area (Å²) in [5.74, 6) is 0.739. The van der Waals surface area contributed by atoms with E-state index in [-0.39, 0.29) is 5.69 Å². The standard InChI is InChI=1S/C14H15F3N4O/c1-9(10-5-6-11(18-8-10)14(15,16)17)21-13(22)20-7-3-2-4-12(20)19-21/h5-6,8-9H,2-4,7H2,1H3/t9-/m1/s1. The number of pyridine rings is 1. The molecule has 2 aromatic heterocycles. The van der Waals surface area contributed by atoms with Crippen LogP contribution >= 0.6 is 0 Å². The zero-order valence-corrected chi connectivity index (χ0v) is 12.0. The van der Waals surface area contributed by atoms with Gasteiger partial charge in [-0.15, -0.1) is 0 Å². The van der Waals surface area contributed by atoms with Gasteiger partial charge in [0.2, 0.25) is 0 Å². The number of hydrogen-bond donors (Lipinski definition) is 0. The minimum absolute atomic E-state index is 0.220. The fourth-order valence-electron chi connectivity index (χ4n) is 2.63. The Balaban J connectivity index is 1.93. The molecule has 0 saturated heterocycles. The van der Waals surface area contributed by atoms with Crippen molar-refractivity contribution in [2.45, 2.75) is 44.9 Å². The molecule has 3 heterocycles. The van der Waals surface area contributed by atoms with E-state index >= 15 is 0 Å². The molecule has 8 heteroatoms. The van der Waals surface area contributed by atoms with Gasteiger partial charge in [-0.1, -0.05) is 6.07 Å². The number of rotatable bonds is 2. The maximum absolute atomic E-state index is 12.5. The molecule has 0 aliphatic carbocycles. The predicted molar refractivity (Wildman–Crippen MR) is 72.5 cm³/mol. The molecule has 118 valence electrons. The van der Waals surface area contributed by atoms with Crippen molar-refractivity contribution in [3.8, 4) is 0 Å². The summed E-state index contributed by atoms with van der Waals surface area (Å²) in [6.07, 6.45) is -0.633. The van der Waals surface area contributed by atoms with Gasteiger partial charge in [0.1, 0.15) is 11.5 Å². The average molecular weight is 312 g/mol. The Morgan fingerprint density at radius 1 is 1.27 bits per heavy atom. The number of aryl methyl sites for hydroxylation is 1. The van der Waals surface area contributed by atoms with Gasteiger partial charge in [-0.05, 0) is 31.4 Å². The quantitative estimate of drug-likeness (QED) is 0.855. The van der Waals surface area contributed by atoms with Crippen LogP contribution in [0.15, 0.2) is 23.1 Å². The maximum Gasteiger partial charge on any atom is 0.433 e. The van der Waals surface area contributed by atoms with Crippen LogP contribution in [0.25, 0.3) is 0 Å². The van der Waals surface area contributed by atoms with Crippen LogP contribution in [0.5, 0.6) is 0 Å². The second-order valence-electron chi connectivity index (χ2n) is 5.40. The smallest absolute Gasteiger partial charge is 0.279 e. The molecular weight excluding hydrogens is 297 g/mol. The first-order valence-electron chi connectivity index (χ1n) is 7.09. The number of aromatic nitrogens is 4. The first kappa shape index (κ1) is 14.8. The van der Waals surface area contributed by atoms with E-state index in [4.69, 9.17) is 0 Å². The zero-order valence-electron chi connectivity index (χ0n) is 12.0. The van der Waals surface area contributed by atoms with Crippen molar-refractivity contribution in [1.82, 2.24) is 19.3 Å². The van der Waals surface area contributed by atoms with E-state index in [0.717, 1.165) is 37.4 Å². The summed E-state index contributed by atoms with van der Waals surface area (Å²) in [7, 11) is 0. The summed E-state index contributed by atoms with van der Waals surface area (Å²) in [4.78, 5) is 15.8. The van der Waals surface area contributed by atoms with E-state index in [1.807, 2.05) is 0 Å². The van der Waals surface area contributed by atoms with Crippen LogP contribution < -0.4 is 5.69 Å². The Hall–Kier alpha value is -2.12. The molecule has 0 aromatic carbocycles. The molecule has 0 spiro atoms. The molecule has 22 heavy (non-hydrogen) atoms. The van der Waals surface area contributed by atoms with Crippen LogP contribution in [-0.4, -0.2) is 19.3 Å². The molecule has 2 aromatic rings. The molecule has 1 aliphatic heterocycles. The van der Waals surface area contributed by atoms with Gasteiger partial charge in [-0.2, -0.15) is 18.3 Å². The molecular formula is C14H15F3N4O. The highest BCUT2D eigenvalue weighted by atomic mass is 19.4. The fourth-order valence-corrected chi connectivity index (χ4v) is 2.63. The Bertz CT molecular complexity index is 730. The van der Waals surface area contributed by atoms with Gasteiger partial charge >= 0.3 is 11.9 Å². The van der Waals surface area contributed by atoms with Gasteiger partial charge in [0.05, 0.1) is 6.04 Å². The molecule has 3 rings (SSSR count). The number of alkyl halides is 3. The van der Waals surface area contributed by atoms with Crippen LogP contribution in [0.2, 0.25) is 0 Å². The van der Waals surface area contributed by atoms with E-state index < -0.39 is 17.9 Å². The van der Waals surface area contributed by atoms with Gasteiger partial charge in [0.15, 0.2) is 0 Å². The number of halogens is 3. The van der Waals surface area contributed by atoms with E-state index in [2.05, 4.69) is 10.1 Å². The second-order valence-corrected chi connectivity index (χ2v) is 5.40. The van der Waals surface area contributed by atoms with Crippen LogP contribution in [0.1, 0.15) is 42.9 Å². The van der Waals surface area contributed by atoms with Crippen molar-refractivity contribution in [1.29, 1.82) is 0 Å². The van der Waals surface area contributed by atoms with Gasteiger partial charge < -0.3 is 0 Å². The van der Waals surface area contributed by atoms with Crippen LogP contribution in [-0.2, 0) is 19.1 Å². The van der Waals surface area contributed by atoms with Gasteiger partial charge in [0.25, 0.3) is 0 Å². The summed E-state index contributed by atoms with van der Waals surface area (Å²) < 4.78 is 40.5. The van der Waals surface area contributed by atoms with E-state index in [0.29, 0.717) is 12.1 Å². The van der Waals surface area contributed by atoms with Crippen molar-refractivity contribution in [2.75, 3.05) is 0 Å². The predicted octanol–water partition coefficient (Wildman–Crippen LogP) is 2.40. The Labute approximate surface area is 124 Å². The lowest BCUT2D eigenvalue weighted by Gasteiger charge is -2.12. The monoisotopic (exact) mass is 312 g/mol. The Kier molecular flexibility index (Phi) is 3.54. The first-order chi connectivity index (χ1) is 10.4. The number of hydrogen-bond acceptors (Lipinski definition) is 3. The Morgan fingerprint density at radius 2 is 2.05 bits per heavy atom. The molecule has 0 N–H and O–H groups in total.